The Morgan fingerprint density at radius 3 is 1.93 bits per heavy atom. The van der Waals surface area contributed by atoms with Crippen molar-refractivity contribution in [3.05, 3.63) is 0 Å². The molecule has 1 aliphatic rings. The van der Waals surface area contributed by atoms with E-state index in [9.17, 15) is 0 Å². The zero-order valence-electron chi connectivity index (χ0n) is 19.0. The molecule has 0 aromatic heterocycles. The average Bonchev–Trinajstić information content (AvgIpc) is 3.49. The van der Waals surface area contributed by atoms with Gasteiger partial charge in [-0.3, -0.25) is 0 Å². The highest BCUT2D eigenvalue weighted by atomic mass is 16.9. The molecule has 0 radical (unpaired) electrons. The lowest BCUT2D eigenvalue weighted by Crippen LogP contribution is -2.39. The van der Waals surface area contributed by atoms with E-state index in [1.807, 2.05) is 20.8 Å². The van der Waals surface area contributed by atoms with Crippen LogP contribution in [-0.2, 0) is 23.7 Å². The van der Waals surface area contributed by atoms with Gasteiger partial charge in [-0.1, -0.05) is 51.9 Å². The van der Waals surface area contributed by atoms with Crippen molar-refractivity contribution in [1.29, 1.82) is 0 Å². The molecule has 28 heavy (non-hydrogen) atoms. The van der Waals surface area contributed by atoms with Crippen LogP contribution in [0.4, 0.5) is 0 Å². The molecule has 0 aromatic rings. The lowest BCUT2D eigenvalue weighted by molar-refractivity contribution is -0.380. The zero-order chi connectivity index (χ0) is 20.5. The van der Waals surface area contributed by atoms with Gasteiger partial charge in [-0.2, -0.15) is 0 Å². The van der Waals surface area contributed by atoms with E-state index in [-0.39, 0.29) is 0 Å². The van der Waals surface area contributed by atoms with Gasteiger partial charge in [0.1, 0.15) is 6.10 Å². The van der Waals surface area contributed by atoms with Crippen molar-refractivity contribution in [3.8, 4) is 0 Å². The van der Waals surface area contributed by atoms with E-state index in [2.05, 4.69) is 6.92 Å². The summed E-state index contributed by atoms with van der Waals surface area (Å²) in [5.41, 5.74) is 0. The maximum Gasteiger partial charge on any atom is 0.282 e. The first-order chi connectivity index (χ1) is 13.7. The van der Waals surface area contributed by atoms with E-state index in [0.717, 1.165) is 45.0 Å². The molecule has 2 unspecified atom stereocenters. The molecule has 0 N–H and O–H groups in total. The molecule has 0 bridgehead atoms. The van der Waals surface area contributed by atoms with Crippen molar-refractivity contribution in [2.24, 2.45) is 5.92 Å². The number of hydrogen-bond acceptors (Lipinski definition) is 5. The SMILES string of the molecule is CCCCCC(CCCCOCC1CO1)CCCC(OCC)(OCC)OCC. The predicted octanol–water partition coefficient (Wildman–Crippen LogP) is 5.70. The van der Waals surface area contributed by atoms with E-state index in [1.54, 1.807) is 0 Å². The number of hydrogen-bond donors (Lipinski definition) is 0. The number of epoxide rings is 1. The standard InChI is InChI=1S/C23H46O5/c1-5-9-10-14-21(15-11-12-18-24-19-22-20-25-22)16-13-17-23(26-6-2,27-7-3)28-8-4/h21-22H,5-20H2,1-4H3. The molecular weight excluding hydrogens is 356 g/mol. The van der Waals surface area contributed by atoms with Gasteiger partial charge in [0, 0.05) is 32.8 Å². The molecule has 0 aliphatic carbocycles. The maximum atomic E-state index is 5.87. The Morgan fingerprint density at radius 2 is 1.39 bits per heavy atom. The summed E-state index contributed by atoms with van der Waals surface area (Å²) in [6.07, 6.45) is 12.4. The van der Waals surface area contributed by atoms with Crippen LogP contribution >= 0.6 is 0 Å². The van der Waals surface area contributed by atoms with Crippen LogP contribution < -0.4 is 0 Å². The van der Waals surface area contributed by atoms with E-state index in [4.69, 9.17) is 23.7 Å². The summed E-state index contributed by atoms with van der Waals surface area (Å²) >= 11 is 0. The molecule has 0 spiro atoms. The van der Waals surface area contributed by atoms with Gasteiger partial charge in [-0.25, -0.2) is 0 Å². The summed E-state index contributed by atoms with van der Waals surface area (Å²) in [7, 11) is 0. The second kappa shape index (κ2) is 16.6. The number of rotatable bonds is 21. The maximum absolute atomic E-state index is 5.87. The minimum Gasteiger partial charge on any atom is -0.379 e. The van der Waals surface area contributed by atoms with Crippen LogP contribution in [0.5, 0.6) is 0 Å². The highest BCUT2D eigenvalue weighted by Crippen LogP contribution is 2.28. The first kappa shape index (κ1) is 25.8. The highest BCUT2D eigenvalue weighted by molar-refractivity contribution is 4.67. The van der Waals surface area contributed by atoms with E-state index < -0.39 is 5.97 Å². The molecule has 168 valence electrons. The third-order valence-corrected chi connectivity index (χ3v) is 5.26. The van der Waals surface area contributed by atoms with E-state index >= 15 is 0 Å². The van der Waals surface area contributed by atoms with Crippen LogP contribution in [0.15, 0.2) is 0 Å². The van der Waals surface area contributed by atoms with Gasteiger partial charge in [0.15, 0.2) is 0 Å². The smallest absolute Gasteiger partial charge is 0.282 e. The third-order valence-electron chi connectivity index (χ3n) is 5.26. The minimum atomic E-state index is -0.856. The summed E-state index contributed by atoms with van der Waals surface area (Å²) < 4.78 is 28.5. The molecule has 1 saturated heterocycles. The van der Waals surface area contributed by atoms with E-state index in [1.165, 1.54) is 44.9 Å². The summed E-state index contributed by atoms with van der Waals surface area (Å²) in [5, 5.41) is 0. The van der Waals surface area contributed by atoms with E-state index in [0.29, 0.717) is 25.9 Å². The Kier molecular flexibility index (Phi) is 15.3. The van der Waals surface area contributed by atoms with Crippen molar-refractivity contribution in [3.63, 3.8) is 0 Å². The third kappa shape index (κ3) is 12.4. The molecular formula is C23H46O5. The van der Waals surface area contributed by atoms with Gasteiger partial charge in [0.25, 0.3) is 5.97 Å². The van der Waals surface area contributed by atoms with Gasteiger partial charge in [-0.15, -0.1) is 0 Å². The summed E-state index contributed by atoms with van der Waals surface area (Å²) in [5.74, 6) is -0.0776. The summed E-state index contributed by atoms with van der Waals surface area (Å²) in [6, 6.07) is 0. The van der Waals surface area contributed by atoms with Crippen molar-refractivity contribution in [2.75, 3.05) is 39.6 Å². The summed E-state index contributed by atoms with van der Waals surface area (Å²) in [6.45, 7) is 12.6. The molecule has 1 heterocycles. The molecule has 2 atom stereocenters. The molecule has 0 amide bonds. The van der Waals surface area contributed by atoms with Gasteiger partial charge >= 0.3 is 0 Å². The molecule has 5 heteroatoms. The lowest BCUT2D eigenvalue weighted by Gasteiger charge is -2.32. The second-order valence-corrected chi connectivity index (χ2v) is 7.76. The first-order valence-electron chi connectivity index (χ1n) is 11.8. The van der Waals surface area contributed by atoms with Crippen LogP contribution in [0.1, 0.15) is 91.9 Å². The Labute approximate surface area is 173 Å². The fraction of sp³-hybridized carbons (Fsp3) is 1.00. The monoisotopic (exact) mass is 402 g/mol. The quantitative estimate of drug-likeness (QED) is 0.140. The topological polar surface area (TPSA) is 49.5 Å². The van der Waals surface area contributed by atoms with Crippen molar-refractivity contribution >= 4 is 0 Å². The van der Waals surface area contributed by atoms with Crippen LogP contribution in [0.25, 0.3) is 0 Å². The number of unbranched alkanes of at least 4 members (excludes halogenated alkanes) is 3. The minimum absolute atomic E-state index is 0.378. The van der Waals surface area contributed by atoms with Gasteiger partial charge in [-0.05, 0) is 39.5 Å². The second-order valence-electron chi connectivity index (χ2n) is 7.76. The van der Waals surface area contributed by atoms with Crippen molar-refractivity contribution < 1.29 is 23.7 Å². The average molecular weight is 403 g/mol. The molecule has 5 nitrogen and oxygen atoms in total. The fourth-order valence-electron chi connectivity index (χ4n) is 3.74. The van der Waals surface area contributed by atoms with Crippen LogP contribution in [0.2, 0.25) is 0 Å². The van der Waals surface area contributed by atoms with Crippen LogP contribution in [0.3, 0.4) is 0 Å². The first-order valence-corrected chi connectivity index (χ1v) is 11.8. The van der Waals surface area contributed by atoms with Crippen LogP contribution in [-0.4, -0.2) is 51.7 Å². The Morgan fingerprint density at radius 1 is 0.821 bits per heavy atom. The Hall–Kier alpha value is -0.200. The summed E-state index contributed by atoms with van der Waals surface area (Å²) in [4.78, 5) is 0. The van der Waals surface area contributed by atoms with Gasteiger partial charge < -0.3 is 23.7 Å². The Bertz CT molecular complexity index is 329. The molecule has 1 fully saturated rings. The van der Waals surface area contributed by atoms with Crippen molar-refractivity contribution in [1.82, 2.24) is 0 Å². The largest absolute Gasteiger partial charge is 0.379 e. The Balaban J connectivity index is 2.33. The highest BCUT2D eigenvalue weighted by Gasteiger charge is 2.32. The lowest BCUT2D eigenvalue weighted by atomic mass is 9.90. The molecule has 0 aromatic carbocycles. The molecule has 0 saturated carbocycles. The zero-order valence-corrected chi connectivity index (χ0v) is 19.0. The molecule has 1 rings (SSSR count). The normalized spacial score (nSPS) is 17.8. The number of ether oxygens (including phenoxy) is 5. The molecule has 1 aliphatic heterocycles. The fourth-order valence-corrected chi connectivity index (χ4v) is 3.74. The van der Waals surface area contributed by atoms with Crippen LogP contribution in [0, 0.1) is 5.92 Å². The van der Waals surface area contributed by atoms with Gasteiger partial charge in [0.05, 0.1) is 13.2 Å². The van der Waals surface area contributed by atoms with Gasteiger partial charge in [0.2, 0.25) is 0 Å². The predicted molar refractivity (Wildman–Crippen MR) is 114 cm³/mol. The van der Waals surface area contributed by atoms with Crippen molar-refractivity contribution in [2.45, 2.75) is 104 Å².